The molecule has 1 aliphatic rings. The van der Waals surface area contributed by atoms with Crippen LogP contribution in [0.5, 0.6) is 0 Å². The Balaban J connectivity index is 1.85. The van der Waals surface area contributed by atoms with Crippen molar-refractivity contribution in [3.8, 4) is 0 Å². The number of nitrogens with one attached hydrogen (secondary N) is 2. The van der Waals surface area contributed by atoms with Crippen LogP contribution in [0, 0.1) is 5.92 Å². The van der Waals surface area contributed by atoms with Gasteiger partial charge in [0.1, 0.15) is 0 Å². The number of hydrogen-bond donors (Lipinski definition) is 2. The Kier molecular flexibility index (Phi) is 5.39. The second kappa shape index (κ2) is 7.06. The van der Waals surface area contributed by atoms with E-state index in [1.807, 2.05) is 0 Å². The topological polar surface area (TPSA) is 67.4 Å². The molecule has 6 heteroatoms. The van der Waals surface area contributed by atoms with Gasteiger partial charge in [0, 0.05) is 32.0 Å². The van der Waals surface area contributed by atoms with E-state index >= 15 is 0 Å². The number of benzene rings is 1. The molecule has 20 heavy (non-hydrogen) atoms. The molecule has 1 unspecified atom stereocenters. The Bertz CT molecular complexity index is 508. The van der Waals surface area contributed by atoms with Gasteiger partial charge in [-0.1, -0.05) is 6.92 Å². The SMILES string of the molecule is CCNS(=O)(=O)c1ccc(NCCC2CCOC2)cc1. The van der Waals surface area contributed by atoms with Gasteiger partial charge < -0.3 is 10.1 Å². The first-order valence-electron chi connectivity index (χ1n) is 7.03. The third-order valence-electron chi connectivity index (χ3n) is 3.40. The first-order valence-corrected chi connectivity index (χ1v) is 8.51. The molecule has 0 bridgehead atoms. The average molecular weight is 298 g/mol. The summed E-state index contributed by atoms with van der Waals surface area (Å²) in [6, 6.07) is 6.85. The summed E-state index contributed by atoms with van der Waals surface area (Å²) in [7, 11) is -3.35. The maximum atomic E-state index is 11.8. The molecule has 2 rings (SSSR count). The van der Waals surface area contributed by atoms with Gasteiger partial charge in [-0.25, -0.2) is 13.1 Å². The minimum Gasteiger partial charge on any atom is -0.385 e. The summed E-state index contributed by atoms with van der Waals surface area (Å²) < 4.78 is 31.4. The third kappa shape index (κ3) is 4.19. The lowest BCUT2D eigenvalue weighted by molar-refractivity contribution is 0.185. The number of hydrogen-bond acceptors (Lipinski definition) is 4. The van der Waals surface area contributed by atoms with Crippen LogP contribution >= 0.6 is 0 Å². The standard InChI is InChI=1S/C14H22N2O3S/c1-2-16-20(17,18)14-5-3-13(4-6-14)15-9-7-12-8-10-19-11-12/h3-6,12,15-16H,2,7-11H2,1H3. The first-order chi connectivity index (χ1) is 9.62. The molecule has 5 nitrogen and oxygen atoms in total. The van der Waals surface area contributed by atoms with E-state index in [9.17, 15) is 8.42 Å². The quantitative estimate of drug-likeness (QED) is 0.806. The van der Waals surface area contributed by atoms with E-state index in [1.54, 1.807) is 31.2 Å². The highest BCUT2D eigenvalue weighted by Crippen LogP contribution is 2.17. The van der Waals surface area contributed by atoms with Gasteiger partial charge in [0.25, 0.3) is 0 Å². The van der Waals surface area contributed by atoms with Crippen molar-refractivity contribution in [2.75, 3.05) is 31.6 Å². The molecule has 0 saturated carbocycles. The Morgan fingerprint density at radius 3 is 2.65 bits per heavy atom. The van der Waals surface area contributed by atoms with Crippen LogP contribution in [0.3, 0.4) is 0 Å². The van der Waals surface area contributed by atoms with E-state index in [-0.39, 0.29) is 0 Å². The normalized spacial score (nSPS) is 19.1. The fraction of sp³-hybridized carbons (Fsp3) is 0.571. The van der Waals surface area contributed by atoms with E-state index in [4.69, 9.17) is 4.74 Å². The van der Waals surface area contributed by atoms with Crippen LogP contribution in [0.25, 0.3) is 0 Å². The number of rotatable bonds is 7. The lowest BCUT2D eigenvalue weighted by Gasteiger charge is -2.10. The second-order valence-corrected chi connectivity index (χ2v) is 6.74. The minimum absolute atomic E-state index is 0.300. The molecule has 1 heterocycles. The monoisotopic (exact) mass is 298 g/mol. The molecule has 1 aromatic carbocycles. The van der Waals surface area contributed by atoms with E-state index in [1.165, 1.54) is 0 Å². The zero-order valence-electron chi connectivity index (χ0n) is 11.8. The van der Waals surface area contributed by atoms with E-state index in [0.29, 0.717) is 17.4 Å². The minimum atomic E-state index is -3.35. The Hall–Kier alpha value is -1.11. The molecule has 1 atom stereocenters. The molecule has 0 radical (unpaired) electrons. The summed E-state index contributed by atoms with van der Waals surface area (Å²) >= 11 is 0. The third-order valence-corrected chi connectivity index (χ3v) is 4.97. The lowest BCUT2D eigenvalue weighted by atomic mass is 10.1. The molecule has 112 valence electrons. The predicted molar refractivity (Wildman–Crippen MR) is 79.3 cm³/mol. The molecular formula is C14H22N2O3S. The van der Waals surface area contributed by atoms with Crippen molar-refractivity contribution >= 4 is 15.7 Å². The molecule has 1 aliphatic heterocycles. The highest BCUT2D eigenvalue weighted by molar-refractivity contribution is 7.89. The number of sulfonamides is 1. The van der Waals surface area contributed by atoms with Gasteiger partial charge >= 0.3 is 0 Å². The van der Waals surface area contributed by atoms with Crippen molar-refractivity contribution in [2.45, 2.75) is 24.7 Å². The average Bonchev–Trinajstić information content (AvgIpc) is 2.92. The maximum absolute atomic E-state index is 11.8. The van der Waals surface area contributed by atoms with E-state index in [2.05, 4.69) is 10.0 Å². The molecule has 1 saturated heterocycles. The molecule has 1 aromatic rings. The van der Waals surface area contributed by atoms with Crippen molar-refractivity contribution in [3.63, 3.8) is 0 Å². The van der Waals surface area contributed by atoms with Crippen molar-refractivity contribution in [1.82, 2.24) is 4.72 Å². The van der Waals surface area contributed by atoms with Crippen molar-refractivity contribution in [2.24, 2.45) is 5.92 Å². The summed E-state index contributed by atoms with van der Waals surface area (Å²) in [4.78, 5) is 0.300. The summed E-state index contributed by atoms with van der Waals surface area (Å²) in [6.07, 6.45) is 2.22. The van der Waals surface area contributed by atoms with Crippen molar-refractivity contribution in [3.05, 3.63) is 24.3 Å². The Morgan fingerprint density at radius 1 is 1.30 bits per heavy atom. The Morgan fingerprint density at radius 2 is 2.05 bits per heavy atom. The number of ether oxygens (including phenoxy) is 1. The van der Waals surface area contributed by atoms with Crippen LogP contribution in [-0.2, 0) is 14.8 Å². The molecular weight excluding hydrogens is 276 g/mol. The van der Waals surface area contributed by atoms with Gasteiger partial charge in [0.15, 0.2) is 0 Å². The maximum Gasteiger partial charge on any atom is 0.240 e. The second-order valence-electron chi connectivity index (χ2n) is 4.97. The molecule has 0 spiro atoms. The molecule has 1 fully saturated rings. The van der Waals surface area contributed by atoms with Crippen LogP contribution in [0.2, 0.25) is 0 Å². The zero-order chi connectivity index (χ0) is 14.4. The summed E-state index contributed by atoms with van der Waals surface area (Å²) in [5.41, 5.74) is 0.944. The number of anilines is 1. The van der Waals surface area contributed by atoms with Crippen LogP contribution in [0.4, 0.5) is 5.69 Å². The van der Waals surface area contributed by atoms with Crippen molar-refractivity contribution < 1.29 is 13.2 Å². The first kappa shape index (κ1) is 15.3. The summed E-state index contributed by atoms with van der Waals surface area (Å²) in [5.74, 6) is 0.649. The van der Waals surface area contributed by atoms with Crippen LogP contribution in [0.15, 0.2) is 29.2 Å². The van der Waals surface area contributed by atoms with Gasteiger partial charge in [-0.15, -0.1) is 0 Å². The smallest absolute Gasteiger partial charge is 0.240 e. The van der Waals surface area contributed by atoms with Gasteiger partial charge in [-0.3, -0.25) is 0 Å². The molecule has 0 amide bonds. The zero-order valence-corrected chi connectivity index (χ0v) is 12.6. The van der Waals surface area contributed by atoms with Crippen LogP contribution in [-0.4, -0.2) is 34.7 Å². The fourth-order valence-electron chi connectivity index (χ4n) is 2.26. The van der Waals surface area contributed by atoms with Gasteiger partial charge in [-0.05, 0) is 43.0 Å². The lowest BCUT2D eigenvalue weighted by Crippen LogP contribution is -2.23. The van der Waals surface area contributed by atoms with Gasteiger partial charge in [-0.2, -0.15) is 0 Å². The fourth-order valence-corrected chi connectivity index (χ4v) is 3.30. The van der Waals surface area contributed by atoms with Crippen LogP contribution in [0.1, 0.15) is 19.8 Å². The van der Waals surface area contributed by atoms with Crippen molar-refractivity contribution in [1.29, 1.82) is 0 Å². The highest BCUT2D eigenvalue weighted by Gasteiger charge is 2.15. The van der Waals surface area contributed by atoms with Crippen LogP contribution < -0.4 is 10.0 Å². The Labute approximate surface area is 120 Å². The molecule has 0 aliphatic carbocycles. The summed E-state index contributed by atoms with van der Waals surface area (Å²) in [6.45, 7) is 4.78. The largest absolute Gasteiger partial charge is 0.385 e. The predicted octanol–water partition coefficient (Wildman–Crippen LogP) is 1.82. The molecule has 2 N–H and O–H groups in total. The van der Waals surface area contributed by atoms with E-state index in [0.717, 1.165) is 38.3 Å². The van der Waals surface area contributed by atoms with E-state index < -0.39 is 10.0 Å². The van der Waals surface area contributed by atoms with Gasteiger partial charge in [0.2, 0.25) is 10.0 Å². The van der Waals surface area contributed by atoms with Gasteiger partial charge in [0.05, 0.1) is 4.90 Å². The molecule has 0 aromatic heterocycles. The highest BCUT2D eigenvalue weighted by atomic mass is 32.2. The summed E-state index contributed by atoms with van der Waals surface area (Å²) in [5, 5.41) is 3.31.